The summed E-state index contributed by atoms with van der Waals surface area (Å²) in [5.41, 5.74) is 0.410. The first-order valence-electron chi connectivity index (χ1n) is 9.24. The average Bonchev–Trinajstić information content (AvgIpc) is 2.48. The van der Waals surface area contributed by atoms with Gasteiger partial charge < -0.3 is 15.0 Å². The first-order valence-corrected chi connectivity index (χ1v) is 9.24. The highest BCUT2D eigenvalue weighted by atomic mass is 16.5. The van der Waals surface area contributed by atoms with E-state index in [1.54, 1.807) is 0 Å². The van der Waals surface area contributed by atoms with E-state index in [1.807, 2.05) is 11.8 Å². The number of hydrogen-bond acceptors (Lipinski definition) is 3. The summed E-state index contributed by atoms with van der Waals surface area (Å²) in [6.07, 6.45) is 10.5. The molecule has 0 aromatic heterocycles. The molecule has 2 aliphatic carbocycles. The first kappa shape index (κ1) is 16.7. The van der Waals surface area contributed by atoms with Crippen LogP contribution in [-0.2, 0) is 14.3 Å². The van der Waals surface area contributed by atoms with Crippen molar-refractivity contribution < 1.29 is 14.3 Å². The van der Waals surface area contributed by atoms with Gasteiger partial charge in [0.15, 0.2) is 0 Å². The highest BCUT2D eigenvalue weighted by Gasteiger charge is 2.50. The van der Waals surface area contributed by atoms with Crippen molar-refractivity contribution in [1.82, 2.24) is 10.2 Å². The first-order chi connectivity index (χ1) is 11.1. The summed E-state index contributed by atoms with van der Waals surface area (Å²) in [7, 11) is 0. The molecule has 0 aromatic carbocycles. The molecule has 0 radical (unpaired) electrons. The Morgan fingerprint density at radius 2 is 1.96 bits per heavy atom. The van der Waals surface area contributed by atoms with Crippen molar-refractivity contribution in [2.45, 2.75) is 70.4 Å². The summed E-state index contributed by atoms with van der Waals surface area (Å²) in [4.78, 5) is 25.5. The van der Waals surface area contributed by atoms with E-state index in [4.69, 9.17) is 4.74 Å². The Hall–Kier alpha value is -1.10. The van der Waals surface area contributed by atoms with Gasteiger partial charge in [-0.2, -0.15) is 0 Å². The van der Waals surface area contributed by atoms with Gasteiger partial charge in [0.1, 0.15) is 6.04 Å². The van der Waals surface area contributed by atoms with Crippen LogP contribution in [0.15, 0.2) is 0 Å². The molecule has 1 aliphatic heterocycles. The van der Waals surface area contributed by atoms with E-state index in [9.17, 15) is 9.59 Å². The quantitative estimate of drug-likeness (QED) is 0.730. The maximum atomic E-state index is 12.7. The van der Waals surface area contributed by atoms with Gasteiger partial charge in [0, 0.05) is 25.1 Å². The summed E-state index contributed by atoms with van der Waals surface area (Å²) < 4.78 is 5.96. The predicted octanol–water partition coefficient (Wildman–Crippen LogP) is 2.10. The molecule has 5 heteroatoms. The van der Waals surface area contributed by atoms with Crippen LogP contribution in [0.3, 0.4) is 0 Å². The summed E-state index contributed by atoms with van der Waals surface area (Å²) in [6.45, 7) is 4.33. The van der Waals surface area contributed by atoms with Gasteiger partial charge in [-0.3, -0.25) is 9.59 Å². The third-order valence-electron chi connectivity index (χ3n) is 6.08. The van der Waals surface area contributed by atoms with Gasteiger partial charge in [-0.15, -0.1) is 0 Å². The van der Waals surface area contributed by atoms with Gasteiger partial charge in [-0.1, -0.05) is 25.7 Å². The van der Waals surface area contributed by atoms with Gasteiger partial charge in [-0.05, 0) is 38.5 Å². The lowest BCUT2D eigenvalue weighted by molar-refractivity contribution is -0.156. The molecular weight excluding hydrogens is 292 g/mol. The smallest absolute Gasteiger partial charge is 0.247 e. The van der Waals surface area contributed by atoms with E-state index in [1.165, 1.54) is 51.4 Å². The Balaban J connectivity index is 1.48. The van der Waals surface area contributed by atoms with Gasteiger partial charge in [0.25, 0.3) is 0 Å². The predicted molar refractivity (Wildman–Crippen MR) is 87.8 cm³/mol. The minimum absolute atomic E-state index is 0.0192. The summed E-state index contributed by atoms with van der Waals surface area (Å²) in [6, 6.07) is -0.548. The lowest BCUT2D eigenvalue weighted by Crippen LogP contribution is -2.65. The standard InChI is InChI=1S/C18H30N2O3/c1-14(23-10-15-6-3-2-4-7-15)16(19-13-21)17(22)20-11-18(12-20)8-5-9-18/h13-16H,2-12H2,1H3,(H,19,21). The van der Waals surface area contributed by atoms with Gasteiger partial charge in [0.2, 0.25) is 12.3 Å². The molecule has 2 amide bonds. The molecule has 23 heavy (non-hydrogen) atoms. The lowest BCUT2D eigenvalue weighted by atomic mass is 9.63. The molecule has 1 spiro atoms. The van der Waals surface area contributed by atoms with Crippen molar-refractivity contribution in [2.75, 3.05) is 19.7 Å². The highest BCUT2D eigenvalue weighted by molar-refractivity contribution is 5.85. The molecular formula is C18H30N2O3. The molecule has 1 N–H and O–H groups in total. The second-order valence-corrected chi connectivity index (χ2v) is 7.85. The second kappa shape index (κ2) is 7.20. The fourth-order valence-corrected chi connectivity index (χ4v) is 4.33. The number of rotatable bonds is 7. The molecule has 3 aliphatic rings. The van der Waals surface area contributed by atoms with Crippen LogP contribution < -0.4 is 5.32 Å². The molecule has 1 saturated heterocycles. The zero-order chi connectivity index (χ0) is 16.3. The van der Waals surface area contributed by atoms with Crippen LogP contribution in [0, 0.1) is 11.3 Å². The van der Waals surface area contributed by atoms with Gasteiger partial charge in [0.05, 0.1) is 6.10 Å². The Bertz CT molecular complexity index is 422. The van der Waals surface area contributed by atoms with Crippen LogP contribution in [0.1, 0.15) is 58.3 Å². The minimum atomic E-state index is -0.548. The van der Waals surface area contributed by atoms with Crippen molar-refractivity contribution in [1.29, 1.82) is 0 Å². The van der Waals surface area contributed by atoms with Crippen molar-refractivity contribution in [3.63, 3.8) is 0 Å². The monoisotopic (exact) mass is 322 g/mol. The number of carbonyl (C=O) groups is 2. The normalized spacial score (nSPS) is 26.0. The lowest BCUT2D eigenvalue weighted by Gasteiger charge is -2.56. The van der Waals surface area contributed by atoms with Crippen LogP contribution in [0.25, 0.3) is 0 Å². The highest BCUT2D eigenvalue weighted by Crippen LogP contribution is 2.48. The van der Waals surface area contributed by atoms with E-state index in [0.717, 1.165) is 13.1 Å². The van der Waals surface area contributed by atoms with Gasteiger partial charge >= 0.3 is 0 Å². The number of likely N-dealkylation sites (tertiary alicyclic amines) is 1. The van der Waals surface area contributed by atoms with Gasteiger partial charge in [-0.25, -0.2) is 0 Å². The minimum Gasteiger partial charge on any atom is -0.376 e. The van der Waals surface area contributed by atoms with E-state index in [2.05, 4.69) is 5.32 Å². The average molecular weight is 322 g/mol. The summed E-state index contributed by atoms with van der Waals surface area (Å²) >= 11 is 0. The number of hydrogen-bond donors (Lipinski definition) is 1. The molecule has 3 rings (SSSR count). The Labute approximate surface area is 139 Å². The van der Waals surface area contributed by atoms with Crippen molar-refractivity contribution in [3.8, 4) is 0 Å². The summed E-state index contributed by atoms with van der Waals surface area (Å²) in [5, 5.41) is 2.69. The second-order valence-electron chi connectivity index (χ2n) is 7.85. The number of nitrogens with zero attached hydrogens (tertiary/aromatic N) is 1. The SMILES string of the molecule is CC(OCC1CCCCC1)C(NC=O)C(=O)N1CC2(CCC2)C1. The van der Waals surface area contributed by atoms with Crippen LogP contribution >= 0.6 is 0 Å². The van der Waals surface area contributed by atoms with Crippen molar-refractivity contribution >= 4 is 12.3 Å². The van der Waals surface area contributed by atoms with Crippen LogP contribution in [0.4, 0.5) is 0 Å². The fourth-order valence-electron chi connectivity index (χ4n) is 4.33. The third kappa shape index (κ3) is 3.70. The van der Waals surface area contributed by atoms with Crippen LogP contribution in [0.2, 0.25) is 0 Å². The van der Waals surface area contributed by atoms with Crippen LogP contribution in [-0.4, -0.2) is 49.1 Å². The third-order valence-corrected chi connectivity index (χ3v) is 6.08. The Morgan fingerprint density at radius 1 is 1.26 bits per heavy atom. The number of nitrogens with one attached hydrogen (secondary N) is 1. The molecule has 1 heterocycles. The molecule has 3 fully saturated rings. The Kier molecular flexibility index (Phi) is 5.24. The maximum Gasteiger partial charge on any atom is 0.247 e. The fraction of sp³-hybridized carbons (Fsp3) is 0.889. The molecule has 0 bridgehead atoms. The largest absolute Gasteiger partial charge is 0.376 e. The topological polar surface area (TPSA) is 58.6 Å². The number of amides is 2. The maximum absolute atomic E-state index is 12.7. The molecule has 130 valence electrons. The summed E-state index contributed by atoms with van der Waals surface area (Å²) in [5.74, 6) is 0.631. The van der Waals surface area contributed by atoms with Crippen molar-refractivity contribution in [3.05, 3.63) is 0 Å². The Morgan fingerprint density at radius 3 is 2.52 bits per heavy atom. The zero-order valence-corrected chi connectivity index (χ0v) is 14.3. The molecule has 2 unspecified atom stereocenters. The van der Waals surface area contributed by atoms with E-state index >= 15 is 0 Å². The zero-order valence-electron chi connectivity index (χ0n) is 14.3. The molecule has 2 atom stereocenters. The van der Waals surface area contributed by atoms with Crippen LogP contribution in [0.5, 0.6) is 0 Å². The van der Waals surface area contributed by atoms with E-state index in [-0.39, 0.29) is 12.0 Å². The van der Waals surface area contributed by atoms with Crippen molar-refractivity contribution in [2.24, 2.45) is 11.3 Å². The number of carbonyl (C=O) groups excluding carboxylic acids is 2. The number of ether oxygens (including phenoxy) is 1. The molecule has 5 nitrogen and oxygen atoms in total. The van der Waals surface area contributed by atoms with E-state index < -0.39 is 6.04 Å². The molecule has 2 saturated carbocycles. The van der Waals surface area contributed by atoms with E-state index in [0.29, 0.717) is 24.3 Å². The molecule has 0 aromatic rings.